The Kier molecular flexibility index (Phi) is 6.45. The topological polar surface area (TPSA) is 47.6 Å². The molecule has 0 radical (unpaired) electrons. The summed E-state index contributed by atoms with van der Waals surface area (Å²) in [6.07, 6.45) is 0.241. The number of aryl methyl sites for hydroxylation is 2. The average Bonchev–Trinajstić information content (AvgIpc) is 2.61. The second-order valence-electron chi connectivity index (χ2n) is 6.27. The minimum absolute atomic E-state index is 0.0545. The van der Waals surface area contributed by atoms with Gasteiger partial charge < -0.3 is 14.8 Å². The molecule has 2 aromatic rings. The van der Waals surface area contributed by atoms with Crippen LogP contribution in [0, 0.1) is 13.8 Å². The summed E-state index contributed by atoms with van der Waals surface area (Å²) in [7, 11) is 1.66. The van der Waals surface area contributed by atoms with Crippen LogP contribution >= 0.6 is 0 Å². The van der Waals surface area contributed by atoms with Crippen molar-refractivity contribution in [3.8, 4) is 11.5 Å². The molecular formula is C21H27NO3. The Bertz CT molecular complexity index is 710. The van der Waals surface area contributed by atoms with Gasteiger partial charge in [-0.2, -0.15) is 0 Å². The van der Waals surface area contributed by atoms with Crippen molar-refractivity contribution in [2.75, 3.05) is 7.11 Å². The summed E-state index contributed by atoms with van der Waals surface area (Å²) in [5.74, 6) is 1.42. The van der Waals surface area contributed by atoms with Crippen molar-refractivity contribution < 1.29 is 14.3 Å². The fraction of sp³-hybridized carbons (Fsp3) is 0.381. The first-order valence-corrected chi connectivity index (χ1v) is 8.62. The lowest BCUT2D eigenvalue weighted by Gasteiger charge is -2.22. The predicted molar refractivity (Wildman–Crippen MR) is 100 cm³/mol. The molecular weight excluding hydrogens is 314 g/mol. The first-order valence-electron chi connectivity index (χ1n) is 8.62. The highest BCUT2D eigenvalue weighted by molar-refractivity contribution is 5.81. The molecule has 0 saturated heterocycles. The van der Waals surface area contributed by atoms with Crippen LogP contribution in [-0.2, 0) is 4.79 Å². The van der Waals surface area contributed by atoms with Gasteiger partial charge in [0.1, 0.15) is 11.5 Å². The maximum absolute atomic E-state index is 12.5. The van der Waals surface area contributed by atoms with Crippen LogP contribution in [0.4, 0.5) is 0 Å². The Morgan fingerprint density at radius 1 is 1.12 bits per heavy atom. The molecule has 4 nitrogen and oxygen atoms in total. The number of hydrogen-bond donors (Lipinski definition) is 1. The van der Waals surface area contributed by atoms with E-state index in [0.717, 1.165) is 28.9 Å². The molecule has 0 aliphatic heterocycles. The quantitative estimate of drug-likeness (QED) is 0.814. The number of amides is 1. The summed E-state index contributed by atoms with van der Waals surface area (Å²) < 4.78 is 11.0. The van der Waals surface area contributed by atoms with Gasteiger partial charge in [0.25, 0.3) is 5.91 Å². The maximum atomic E-state index is 12.5. The third-order valence-electron chi connectivity index (χ3n) is 4.25. The molecule has 0 unspecified atom stereocenters. The van der Waals surface area contributed by atoms with Crippen LogP contribution in [0.25, 0.3) is 0 Å². The zero-order chi connectivity index (χ0) is 18.4. The van der Waals surface area contributed by atoms with Crippen molar-refractivity contribution in [3.63, 3.8) is 0 Å². The van der Waals surface area contributed by atoms with Gasteiger partial charge in [-0.1, -0.05) is 36.8 Å². The summed E-state index contributed by atoms with van der Waals surface area (Å²) >= 11 is 0. The lowest BCUT2D eigenvalue weighted by atomic mass is 10.0. The maximum Gasteiger partial charge on any atom is 0.261 e. The highest BCUT2D eigenvalue weighted by Gasteiger charge is 2.19. The Labute approximate surface area is 150 Å². The molecule has 134 valence electrons. The Morgan fingerprint density at radius 3 is 2.36 bits per heavy atom. The van der Waals surface area contributed by atoms with Gasteiger partial charge in [0.15, 0.2) is 6.10 Å². The number of carbonyl (C=O) groups excluding carboxylic acids is 1. The van der Waals surface area contributed by atoms with Crippen LogP contribution in [0.1, 0.15) is 43.0 Å². The Balaban J connectivity index is 2.03. The van der Waals surface area contributed by atoms with E-state index < -0.39 is 6.10 Å². The van der Waals surface area contributed by atoms with E-state index in [0.29, 0.717) is 5.75 Å². The first-order chi connectivity index (χ1) is 11.9. The largest absolute Gasteiger partial charge is 0.496 e. The van der Waals surface area contributed by atoms with Crippen LogP contribution in [-0.4, -0.2) is 19.1 Å². The first kappa shape index (κ1) is 18.8. The number of ether oxygens (including phenoxy) is 2. The molecule has 1 amide bonds. The van der Waals surface area contributed by atoms with Crippen molar-refractivity contribution in [2.45, 2.75) is 46.3 Å². The fourth-order valence-corrected chi connectivity index (χ4v) is 2.70. The van der Waals surface area contributed by atoms with Gasteiger partial charge in [-0.3, -0.25) is 4.79 Å². The molecule has 0 heterocycles. The standard InChI is InChI=1S/C21H27NO3/c1-6-19(17-9-12-20(24-5)15(3)13-17)22-21(23)16(4)25-18-10-7-14(2)8-11-18/h7-13,16,19H,6H2,1-5H3,(H,22,23)/t16-,19-/m0/s1. The van der Waals surface area contributed by atoms with Crippen molar-refractivity contribution in [1.82, 2.24) is 5.32 Å². The molecule has 1 N–H and O–H groups in total. The van der Waals surface area contributed by atoms with E-state index in [4.69, 9.17) is 9.47 Å². The van der Waals surface area contributed by atoms with Gasteiger partial charge >= 0.3 is 0 Å². The third kappa shape index (κ3) is 4.99. The van der Waals surface area contributed by atoms with Gasteiger partial charge in [0, 0.05) is 0 Å². The molecule has 0 aromatic heterocycles. The zero-order valence-corrected chi connectivity index (χ0v) is 15.6. The molecule has 25 heavy (non-hydrogen) atoms. The van der Waals surface area contributed by atoms with Gasteiger partial charge in [-0.25, -0.2) is 0 Å². The molecule has 2 rings (SSSR count). The normalized spacial score (nSPS) is 13.0. The Morgan fingerprint density at radius 2 is 1.80 bits per heavy atom. The number of carbonyl (C=O) groups is 1. The second kappa shape index (κ2) is 8.56. The van der Waals surface area contributed by atoms with Crippen LogP contribution in [0.15, 0.2) is 42.5 Å². The number of rotatable bonds is 7. The molecule has 0 fully saturated rings. The molecule has 0 bridgehead atoms. The molecule has 0 spiro atoms. The van der Waals surface area contributed by atoms with Gasteiger partial charge in [0.2, 0.25) is 0 Å². The van der Waals surface area contributed by atoms with E-state index in [1.165, 1.54) is 0 Å². The highest BCUT2D eigenvalue weighted by Crippen LogP contribution is 2.24. The van der Waals surface area contributed by atoms with E-state index >= 15 is 0 Å². The van der Waals surface area contributed by atoms with Crippen molar-refractivity contribution >= 4 is 5.91 Å². The van der Waals surface area contributed by atoms with Crippen LogP contribution in [0.2, 0.25) is 0 Å². The van der Waals surface area contributed by atoms with E-state index in [9.17, 15) is 4.79 Å². The van der Waals surface area contributed by atoms with Gasteiger partial charge in [-0.15, -0.1) is 0 Å². The molecule has 4 heteroatoms. The van der Waals surface area contributed by atoms with Crippen molar-refractivity contribution in [2.24, 2.45) is 0 Å². The minimum atomic E-state index is -0.559. The summed E-state index contributed by atoms with van der Waals surface area (Å²) in [6.45, 7) is 7.83. The summed E-state index contributed by atoms with van der Waals surface area (Å²) in [5.41, 5.74) is 3.28. The molecule has 2 atom stereocenters. The van der Waals surface area contributed by atoms with Crippen molar-refractivity contribution in [1.29, 1.82) is 0 Å². The number of benzene rings is 2. The monoisotopic (exact) mass is 341 g/mol. The van der Waals surface area contributed by atoms with E-state index in [1.807, 2.05) is 50.2 Å². The molecule has 0 aliphatic rings. The zero-order valence-electron chi connectivity index (χ0n) is 15.6. The van der Waals surface area contributed by atoms with Gasteiger partial charge in [-0.05, 0) is 56.5 Å². The lowest BCUT2D eigenvalue weighted by Crippen LogP contribution is -2.38. The van der Waals surface area contributed by atoms with Crippen LogP contribution < -0.4 is 14.8 Å². The predicted octanol–water partition coefficient (Wildman–Crippen LogP) is 4.35. The second-order valence-corrected chi connectivity index (χ2v) is 6.27. The average molecular weight is 341 g/mol. The van der Waals surface area contributed by atoms with E-state index in [-0.39, 0.29) is 11.9 Å². The SMILES string of the molecule is CC[C@H](NC(=O)[C@H](C)Oc1ccc(C)cc1)c1ccc(OC)c(C)c1. The minimum Gasteiger partial charge on any atom is -0.496 e. The number of methoxy groups -OCH3 is 1. The number of hydrogen-bond acceptors (Lipinski definition) is 3. The third-order valence-corrected chi connectivity index (χ3v) is 4.25. The molecule has 2 aromatic carbocycles. The van der Waals surface area contributed by atoms with E-state index in [1.54, 1.807) is 14.0 Å². The summed E-state index contributed by atoms with van der Waals surface area (Å²) in [6, 6.07) is 13.6. The molecule has 0 saturated carbocycles. The lowest BCUT2D eigenvalue weighted by molar-refractivity contribution is -0.128. The van der Waals surface area contributed by atoms with Crippen LogP contribution in [0.5, 0.6) is 11.5 Å². The van der Waals surface area contributed by atoms with E-state index in [2.05, 4.69) is 18.3 Å². The number of nitrogens with one attached hydrogen (secondary N) is 1. The van der Waals surface area contributed by atoms with Crippen LogP contribution in [0.3, 0.4) is 0 Å². The Hall–Kier alpha value is -2.49. The fourth-order valence-electron chi connectivity index (χ4n) is 2.70. The summed E-state index contributed by atoms with van der Waals surface area (Å²) in [5, 5.41) is 3.07. The molecule has 0 aliphatic carbocycles. The van der Waals surface area contributed by atoms with Crippen molar-refractivity contribution in [3.05, 3.63) is 59.2 Å². The highest BCUT2D eigenvalue weighted by atomic mass is 16.5. The smallest absolute Gasteiger partial charge is 0.261 e. The van der Waals surface area contributed by atoms with Gasteiger partial charge in [0.05, 0.1) is 13.2 Å². The summed E-state index contributed by atoms with van der Waals surface area (Å²) in [4.78, 5) is 12.5.